The molecule has 2 aromatic heterocycles. The van der Waals surface area contributed by atoms with Crippen LogP contribution in [0, 0.1) is 0 Å². The van der Waals surface area contributed by atoms with Crippen LogP contribution in [-0.4, -0.2) is 39.8 Å². The third kappa shape index (κ3) is 2.94. The lowest BCUT2D eigenvalue weighted by Crippen LogP contribution is -2.39. The first-order valence-corrected chi connectivity index (χ1v) is 6.62. The Hall–Kier alpha value is -1.43. The maximum Gasteiger partial charge on any atom is 0.0756 e. The Morgan fingerprint density at radius 3 is 3.11 bits per heavy atom. The molecule has 6 heteroatoms. The summed E-state index contributed by atoms with van der Waals surface area (Å²) < 4.78 is 5.56. The molecule has 0 spiro atoms. The van der Waals surface area contributed by atoms with Gasteiger partial charge in [0.1, 0.15) is 0 Å². The lowest BCUT2D eigenvalue weighted by Gasteiger charge is -2.34. The Morgan fingerprint density at radius 2 is 2.37 bits per heavy atom. The maximum atomic E-state index is 5.85. The minimum absolute atomic E-state index is 0.203. The van der Waals surface area contributed by atoms with E-state index in [-0.39, 0.29) is 6.04 Å². The van der Waals surface area contributed by atoms with Crippen molar-refractivity contribution in [1.29, 1.82) is 0 Å². The van der Waals surface area contributed by atoms with Crippen molar-refractivity contribution in [2.75, 3.05) is 19.8 Å². The van der Waals surface area contributed by atoms with Crippen LogP contribution in [0.25, 0.3) is 0 Å². The molecule has 0 aliphatic carbocycles. The van der Waals surface area contributed by atoms with Gasteiger partial charge in [0, 0.05) is 25.5 Å². The van der Waals surface area contributed by atoms with Crippen LogP contribution >= 0.6 is 11.6 Å². The molecule has 0 aromatic carbocycles. The molecule has 1 saturated heterocycles. The molecule has 1 aliphatic rings. The number of pyridine rings is 1. The monoisotopic (exact) mass is 278 g/mol. The molecule has 1 N–H and O–H groups in total. The summed E-state index contributed by atoms with van der Waals surface area (Å²) >= 11 is 5.85. The highest BCUT2D eigenvalue weighted by Crippen LogP contribution is 2.24. The molecule has 1 fully saturated rings. The molecule has 5 nitrogen and oxygen atoms in total. The highest BCUT2D eigenvalue weighted by atomic mass is 35.5. The van der Waals surface area contributed by atoms with Crippen LogP contribution in [0.5, 0.6) is 0 Å². The number of nitrogens with one attached hydrogen (secondary N) is 1. The normalized spacial score (nSPS) is 20.6. The Balaban J connectivity index is 1.75. The minimum Gasteiger partial charge on any atom is -0.378 e. The average Bonchev–Trinajstić information content (AvgIpc) is 2.96. The smallest absolute Gasteiger partial charge is 0.0756 e. The summed E-state index contributed by atoms with van der Waals surface area (Å²) in [5.41, 5.74) is 2.09. The first kappa shape index (κ1) is 12.6. The first-order chi connectivity index (χ1) is 9.33. The van der Waals surface area contributed by atoms with Crippen LogP contribution in [0.15, 0.2) is 30.6 Å². The molecule has 0 saturated carbocycles. The van der Waals surface area contributed by atoms with Crippen molar-refractivity contribution in [2.45, 2.75) is 12.6 Å². The standard InChI is InChI=1S/C13H15ClN4O/c14-10-1-2-11(15-7-10)8-18-5-6-19-9-13(18)12-3-4-16-17-12/h1-4,7,13H,5-6,8-9H2,(H,16,17)/t13-/m1/s1. The Labute approximate surface area is 116 Å². The Morgan fingerprint density at radius 1 is 1.42 bits per heavy atom. The van der Waals surface area contributed by atoms with E-state index in [4.69, 9.17) is 16.3 Å². The van der Waals surface area contributed by atoms with Crippen LogP contribution in [0.4, 0.5) is 0 Å². The zero-order chi connectivity index (χ0) is 13.1. The van der Waals surface area contributed by atoms with Gasteiger partial charge in [-0.1, -0.05) is 11.6 Å². The lowest BCUT2D eigenvalue weighted by atomic mass is 10.1. The fourth-order valence-corrected chi connectivity index (χ4v) is 2.39. The van der Waals surface area contributed by atoms with Crippen LogP contribution < -0.4 is 0 Å². The number of aromatic nitrogens is 3. The number of rotatable bonds is 3. The van der Waals surface area contributed by atoms with Gasteiger partial charge in [-0.3, -0.25) is 15.0 Å². The van der Waals surface area contributed by atoms with Gasteiger partial charge in [0.25, 0.3) is 0 Å². The van der Waals surface area contributed by atoms with Gasteiger partial charge in [-0.2, -0.15) is 5.10 Å². The average molecular weight is 279 g/mol. The number of nitrogens with zero attached hydrogens (tertiary/aromatic N) is 3. The van der Waals surface area contributed by atoms with Crippen molar-refractivity contribution in [3.63, 3.8) is 0 Å². The van der Waals surface area contributed by atoms with Crippen LogP contribution in [-0.2, 0) is 11.3 Å². The van der Waals surface area contributed by atoms with E-state index in [2.05, 4.69) is 20.1 Å². The lowest BCUT2D eigenvalue weighted by molar-refractivity contribution is -0.0148. The van der Waals surface area contributed by atoms with Gasteiger partial charge >= 0.3 is 0 Å². The molecule has 1 aliphatic heterocycles. The highest BCUT2D eigenvalue weighted by Gasteiger charge is 2.25. The predicted octanol–water partition coefficient (Wildman–Crippen LogP) is 2.03. The molecule has 0 radical (unpaired) electrons. The number of hydrogen-bond acceptors (Lipinski definition) is 4. The number of aromatic amines is 1. The van der Waals surface area contributed by atoms with E-state index in [1.165, 1.54) is 0 Å². The Kier molecular flexibility index (Phi) is 3.77. The quantitative estimate of drug-likeness (QED) is 0.933. The number of morpholine rings is 1. The number of halogens is 1. The Bertz CT molecular complexity index is 514. The summed E-state index contributed by atoms with van der Waals surface area (Å²) in [5, 5.41) is 7.69. The van der Waals surface area contributed by atoms with Crippen molar-refractivity contribution in [1.82, 2.24) is 20.1 Å². The summed E-state index contributed by atoms with van der Waals surface area (Å²) in [4.78, 5) is 6.69. The molecule has 2 aromatic rings. The summed E-state index contributed by atoms with van der Waals surface area (Å²) in [7, 11) is 0. The molecule has 100 valence electrons. The topological polar surface area (TPSA) is 54.0 Å². The van der Waals surface area contributed by atoms with E-state index in [0.29, 0.717) is 11.6 Å². The van der Waals surface area contributed by atoms with E-state index >= 15 is 0 Å². The number of ether oxygens (including phenoxy) is 1. The van der Waals surface area contributed by atoms with E-state index in [1.54, 1.807) is 12.4 Å². The number of hydrogen-bond donors (Lipinski definition) is 1. The summed E-state index contributed by atoms with van der Waals surface area (Å²) in [6, 6.07) is 6.02. The van der Waals surface area contributed by atoms with Crippen LogP contribution in [0.2, 0.25) is 5.02 Å². The van der Waals surface area contributed by atoms with Crippen molar-refractivity contribution in [3.05, 3.63) is 47.0 Å². The van der Waals surface area contributed by atoms with Crippen LogP contribution in [0.3, 0.4) is 0 Å². The molecule has 0 amide bonds. The fraction of sp³-hybridized carbons (Fsp3) is 0.385. The van der Waals surface area contributed by atoms with Crippen molar-refractivity contribution in [3.8, 4) is 0 Å². The molecule has 3 rings (SSSR count). The molecule has 19 heavy (non-hydrogen) atoms. The van der Waals surface area contributed by atoms with Gasteiger partial charge < -0.3 is 4.74 Å². The molecule has 3 heterocycles. The van der Waals surface area contributed by atoms with Gasteiger partial charge in [-0.05, 0) is 18.2 Å². The van der Waals surface area contributed by atoms with E-state index < -0.39 is 0 Å². The van der Waals surface area contributed by atoms with E-state index in [1.807, 2.05) is 18.2 Å². The molecular weight excluding hydrogens is 264 g/mol. The van der Waals surface area contributed by atoms with Crippen molar-refractivity contribution in [2.24, 2.45) is 0 Å². The van der Waals surface area contributed by atoms with Gasteiger partial charge in [0.2, 0.25) is 0 Å². The van der Waals surface area contributed by atoms with Gasteiger partial charge in [0.05, 0.1) is 35.7 Å². The largest absolute Gasteiger partial charge is 0.378 e. The van der Waals surface area contributed by atoms with Crippen molar-refractivity contribution >= 4 is 11.6 Å². The second kappa shape index (κ2) is 5.69. The van der Waals surface area contributed by atoms with E-state index in [0.717, 1.165) is 31.1 Å². The maximum absolute atomic E-state index is 5.85. The second-order valence-corrected chi connectivity index (χ2v) is 4.98. The summed E-state index contributed by atoms with van der Waals surface area (Å²) in [6.45, 7) is 3.09. The molecule has 0 unspecified atom stereocenters. The van der Waals surface area contributed by atoms with Crippen LogP contribution in [0.1, 0.15) is 17.4 Å². The van der Waals surface area contributed by atoms with Gasteiger partial charge in [-0.15, -0.1) is 0 Å². The fourth-order valence-electron chi connectivity index (χ4n) is 2.27. The minimum atomic E-state index is 0.203. The zero-order valence-electron chi connectivity index (χ0n) is 10.4. The van der Waals surface area contributed by atoms with Crippen molar-refractivity contribution < 1.29 is 4.74 Å². The third-order valence-corrected chi connectivity index (χ3v) is 3.50. The zero-order valence-corrected chi connectivity index (χ0v) is 11.2. The second-order valence-electron chi connectivity index (χ2n) is 4.54. The first-order valence-electron chi connectivity index (χ1n) is 6.24. The van der Waals surface area contributed by atoms with Gasteiger partial charge in [0.15, 0.2) is 0 Å². The summed E-state index contributed by atoms with van der Waals surface area (Å²) in [5.74, 6) is 0. The van der Waals surface area contributed by atoms with Gasteiger partial charge in [-0.25, -0.2) is 0 Å². The molecular formula is C13H15ClN4O. The third-order valence-electron chi connectivity index (χ3n) is 3.27. The molecule has 1 atom stereocenters. The van der Waals surface area contributed by atoms with E-state index in [9.17, 15) is 0 Å². The predicted molar refractivity (Wildman–Crippen MR) is 71.8 cm³/mol. The molecule has 0 bridgehead atoms. The SMILES string of the molecule is Clc1ccc(CN2CCOC[C@@H]2c2ccn[nH]2)nc1. The highest BCUT2D eigenvalue weighted by molar-refractivity contribution is 6.30. The summed E-state index contributed by atoms with van der Waals surface area (Å²) in [6.07, 6.45) is 3.45. The number of H-pyrrole nitrogens is 1.